The van der Waals surface area contributed by atoms with Gasteiger partial charge in [-0.2, -0.15) is 0 Å². The third-order valence-electron chi connectivity index (χ3n) is 17.7. The summed E-state index contributed by atoms with van der Waals surface area (Å²) in [5, 5.41) is 54.4. The summed E-state index contributed by atoms with van der Waals surface area (Å²) in [5.41, 5.74) is 0. The van der Waals surface area contributed by atoms with Crippen molar-refractivity contribution in [1.29, 1.82) is 0 Å². The standard InChI is InChI=1S/C76H141NO10/c1-3-5-7-9-11-13-42-46-50-54-58-62-69(79)68(67-86-76-75(84)74(83)73(82)70(66-78)87-76)77-71(80)63-59-55-51-47-44-40-38-36-34-32-30-28-26-24-22-20-18-16-15-17-19-21-23-25-27-29-31-33-35-37-39-41-45-49-53-57-61-65-85-72(81)64-60-56-52-48-43-14-12-10-8-6-4-2/h10,12,15,17,21,23,58,62,68-70,73-76,78-79,82-84H,3-9,11,13-14,16,18-20,22,24-57,59-61,63-67H2,1-2H3,(H,77,80)/b12-10-,17-15-,23-21-,62-58+. The highest BCUT2D eigenvalue weighted by atomic mass is 16.7. The molecule has 7 atom stereocenters. The molecule has 1 heterocycles. The van der Waals surface area contributed by atoms with Gasteiger partial charge in [-0.25, -0.2) is 0 Å². The average molecular weight is 1230 g/mol. The zero-order valence-electron chi connectivity index (χ0n) is 56.7. The predicted octanol–water partition coefficient (Wildman–Crippen LogP) is 19.5. The third-order valence-corrected chi connectivity index (χ3v) is 17.7. The normalized spacial score (nSPS) is 18.1. The van der Waals surface area contributed by atoms with Crippen molar-refractivity contribution < 1.29 is 49.3 Å². The van der Waals surface area contributed by atoms with Crippen molar-refractivity contribution in [3.8, 4) is 0 Å². The summed E-state index contributed by atoms with van der Waals surface area (Å²) in [6.45, 7) is 4.33. The number of aliphatic hydroxyl groups excluding tert-OH is 5. The maximum Gasteiger partial charge on any atom is 0.305 e. The van der Waals surface area contributed by atoms with E-state index in [1.807, 2.05) is 6.08 Å². The van der Waals surface area contributed by atoms with Crippen molar-refractivity contribution in [2.75, 3.05) is 19.8 Å². The lowest BCUT2D eigenvalue weighted by Crippen LogP contribution is -2.60. The van der Waals surface area contributed by atoms with E-state index >= 15 is 0 Å². The van der Waals surface area contributed by atoms with Gasteiger partial charge in [-0.1, -0.05) is 313 Å². The molecule has 0 aromatic heterocycles. The molecule has 510 valence electrons. The average Bonchev–Trinajstić information content (AvgIpc) is 2.69. The number of aliphatic hydroxyl groups is 5. The van der Waals surface area contributed by atoms with Crippen LogP contribution in [0.15, 0.2) is 48.6 Å². The van der Waals surface area contributed by atoms with Gasteiger partial charge in [0.05, 0.1) is 32.0 Å². The van der Waals surface area contributed by atoms with Crippen molar-refractivity contribution in [2.24, 2.45) is 0 Å². The molecule has 1 rings (SSSR count). The highest BCUT2D eigenvalue weighted by molar-refractivity contribution is 5.76. The molecule has 1 saturated heterocycles. The first kappa shape index (κ1) is 82.6. The van der Waals surface area contributed by atoms with Crippen molar-refractivity contribution in [3.05, 3.63) is 48.6 Å². The van der Waals surface area contributed by atoms with Gasteiger partial charge in [0, 0.05) is 12.8 Å². The van der Waals surface area contributed by atoms with Crippen LogP contribution < -0.4 is 5.32 Å². The molecule has 0 radical (unpaired) electrons. The number of carbonyl (C=O) groups excluding carboxylic acids is 2. The molecular weight excluding hydrogens is 1090 g/mol. The molecule has 7 unspecified atom stereocenters. The second kappa shape index (κ2) is 65.1. The smallest absolute Gasteiger partial charge is 0.305 e. The Labute approximate surface area is 536 Å². The van der Waals surface area contributed by atoms with Crippen LogP contribution in [0.1, 0.15) is 361 Å². The number of esters is 1. The summed E-state index contributed by atoms with van der Waals surface area (Å²) in [6, 6.07) is -0.807. The quantitative estimate of drug-likeness (QED) is 0.0195. The van der Waals surface area contributed by atoms with E-state index < -0.39 is 49.5 Å². The van der Waals surface area contributed by atoms with Gasteiger partial charge in [0.15, 0.2) is 6.29 Å². The molecule has 0 spiro atoms. The summed E-state index contributed by atoms with van der Waals surface area (Å²) in [7, 11) is 0. The first-order valence-corrected chi connectivity index (χ1v) is 37.4. The molecule has 11 heteroatoms. The summed E-state index contributed by atoms with van der Waals surface area (Å²) in [4.78, 5) is 25.1. The largest absolute Gasteiger partial charge is 0.466 e. The molecule has 1 amide bonds. The van der Waals surface area contributed by atoms with Crippen LogP contribution in [-0.2, 0) is 23.8 Å². The summed E-state index contributed by atoms with van der Waals surface area (Å²) < 4.78 is 16.7. The Hall–Kier alpha value is -2.38. The molecular formula is C76H141NO10. The molecule has 6 N–H and O–H groups in total. The van der Waals surface area contributed by atoms with Crippen molar-refractivity contribution in [2.45, 2.75) is 403 Å². The van der Waals surface area contributed by atoms with E-state index in [0.29, 0.717) is 19.4 Å². The van der Waals surface area contributed by atoms with Crippen LogP contribution in [0.3, 0.4) is 0 Å². The monoisotopic (exact) mass is 1230 g/mol. The van der Waals surface area contributed by atoms with Gasteiger partial charge in [-0.05, 0) is 83.5 Å². The van der Waals surface area contributed by atoms with E-state index in [-0.39, 0.29) is 18.5 Å². The number of amides is 1. The Balaban J connectivity index is 1.92. The van der Waals surface area contributed by atoms with Crippen LogP contribution in [-0.4, -0.2) is 100 Å². The van der Waals surface area contributed by atoms with Crippen LogP contribution in [0.5, 0.6) is 0 Å². The number of carbonyl (C=O) groups is 2. The molecule has 1 aliphatic rings. The van der Waals surface area contributed by atoms with Gasteiger partial charge < -0.3 is 45.1 Å². The number of unbranched alkanes of at least 4 members (excludes halogenated alkanes) is 46. The van der Waals surface area contributed by atoms with Crippen LogP contribution in [0.25, 0.3) is 0 Å². The van der Waals surface area contributed by atoms with Gasteiger partial charge in [0.2, 0.25) is 5.91 Å². The van der Waals surface area contributed by atoms with E-state index in [1.54, 1.807) is 6.08 Å². The van der Waals surface area contributed by atoms with E-state index in [9.17, 15) is 35.1 Å². The minimum atomic E-state index is -1.57. The van der Waals surface area contributed by atoms with Gasteiger partial charge >= 0.3 is 5.97 Å². The molecule has 87 heavy (non-hydrogen) atoms. The van der Waals surface area contributed by atoms with Crippen molar-refractivity contribution in [1.82, 2.24) is 5.32 Å². The minimum absolute atomic E-state index is 0.00147. The lowest BCUT2D eigenvalue weighted by atomic mass is 9.99. The summed E-state index contributed by atoms with van der Waals surface area (Å²) in [5.74, 6) is -0.177. The zero-order chi connectivity index (χ0) is 63.0. The van der Waals surface area contributed by atoms with Crippen LogP contribution in [0.4, 0.5) is 0 Å². The molecule has 1 fully saturated rings. The van der Waals surface area contributed by atoms with Crippen molar-refractivity contribution in [3.63, 3.8) is 0 Å². The third kappa shape index (κ3) is 53.9. The van der Waals surface area contributed by atoms with Crippen LogP contribution in [0.2, 0.25) is 0 Å². The molecule has 0 aliphatic carbocycles. The Bertz CT molecular complexity index is 1580. The molecule has 0 bridgehead atoms. The van der Waals surface area contributed by atoms with Crippen LogP contribution in [0, 0.1) is 0 Å². The summed E-state index contributed by atoms with van der Waals surface area (Å²) >= 11 is 0. The van der Waals surface area contributed by atoms with Gasteiger partial charge in [0.1, 0.15) is 24.4 Å². The highest BCUT2D eigenvalue weighted by Gasteiger charge is 2.44. The topological polar surface area (TPSA) is 175 Å². The number of nitrogens with one attached hydrogen (secondary N) is 1. The number of hydrogen-bond donors (Lipinski definition) is 6. The van der Waals surface area contributed by atoms with Gasteiger partial charge in [0.25, 0.3) is 0 Å². The fourth-order valence-electron chi connectivity index (χ4n) is 11.7. The number of allylic oxidation sites excluding steroid dienone is 7. The number of rotatable bonds is 66. The Morgan fingerprint density at radius 3 is 1.21 bits per heavy atom. The minimum Gasteiger partial charge on any atom is -0.466 e. The molecule has 11 nitrogen and oxygen atoms in total. The molecule has 0 saturated carbocycles. The lowest BCUT2D eigenvalue weighted by molar-refractivity contribution is -0.302. The first-order chi connectivity index (χ1) is 42.7. The van der Waals surface area contributed by atoms with Crippen molar-refractivity contribution >= 4 is 11.9 Å². The van der Waals surface area contributed by atoms with Crippen LogP contribution >= 0.6 is 0 Å². The Kier molecular flexibility index (Phi) is 61.9. The molecule has 0 aromatic carbocycles. The molecule has 0 aromatic rings. The predicted molar refractivity (Wildman–Crippen MR) is 366 cm³/mol. The fraction of sp³-hybridized carbons (Fsp3) is 0.868. The molecule has 1 aliphatic heterocycles. The van der Waals surface area contributed by atoms with E-state index in [1.165, 1.54) is 270 Å². The lowest BCUT2D eigenvalue weighted by Gasteiger charge is -2.40. The second-order valence-electron chi connectivity index (χ2n) is 26.0. The zero-order valence-corrected chi connectivity index (χ0v) is 56.7. The fourth-order valence-corrected chi connectivity index (χ4v) is 11.7. The SMILES string of the molecule is CCCC/C=C\CCCCCCCC(=O)OCCCCCCCCCCCCCCC/C=C\C/C=C\CCCCCCCCCCCCCCCCCCCC(=O)NC(COC1OC(CO)C(O)C(O)C1O)C(O)/C=C/CCCCCCCCCCC. The van der Waals surface area contributed by atoms with E-state index in [4.69, 9.17) is 14.2 Å². The summed E-state index contributed by atoms with van der Waals surface area (Å²) in [6.07, 6.45) is 75.6. The number of ether oxygens (including phenoxy) is 3. The number of hydrogen-bond acceptors (Lipinski definition) is 10. The van der Waals surface area contributed by atoms with E-state index in [2.05, 4.69) is 55.6 Å². The Morgan fingerprint density at radius 2 is 0.782 bits per heavy atom. The van der Waals surface area contributed by atoms with Gasteiger partial charge in [-0.15, -0.1) is 0 Å². The maximum atomic E-state index is 13.1. The highest BCUT2D eigenvalue weighted by Crippen LogP contribution is 2.23. The Morgan fingerprint density at radius 1 is 0.425 bits per heavy atom. The first-order valence-electron chi connectivity index (χ1n) is 37.4. The maximum absolute atomic E-state index is 13.1. The van der Waals surface area contributed by atoms with E-state index in [0.717, 1.165) is 64.2 Å². The second-order valence-corrected chi connectivity index (χ2v) is 26.0. The van der Waals surface area contributed by atoms with Gasteiger partial charge in [-0.3, -0.25) is 9.59 Å².